The average molecular weight is 432 g/mol. The third kappa shape index (κ3) is 3.02. The number of piperidine rings is 1. The summed E-state index contributed by atoms with van der Waals surface area (Å²) in [6.07, 6.45) is 2.00. The molecule has 2 fully saturated rings. The van der Waals surface area contributed by atoms with Crippen LogP contribution in [0.1, 0.15) is 20.7 Å². The maximum atomic E-state index is 12.7. The second-order valence-corrected chi connectivity index (χ2v) is 9.21. The summed E-state index contributed by atoms with van der Waals surface area (Å²) in [5.74, 6) is 1.09. The molecule has 3 heterocycles. The number of thiazole rings is 1. The van der Waals surface area contributed by atoms with Crippen molar-refractivity contribution >= 4 is 38.3 Å². The molecule has 1 saturated carbocycles. The Balaban J connectivity index is 1.26. The summed E-state index contributed by atoms with van der Waals surface area (Å²) in [6, 6.07) is 13.6. The number of imidazole rings is 1. The summed E-state index contributed by atoms with van der Waals surface area (Å²) in [6.45, 7) is 2.02. The highest BCUT2D eigenvalue weighted by molar-refractivity contribution is 7.23. The van der Waals surface area contributed by atoms with E-state index in [1.165, 1.54) is 0 Å². The van der Waals surface area contributed by atoms with Gasteiger partial charge in [-0.15, -0.1) is 0 Å². The van der Waals surface area contributed by atoms with E-state index in [1.54, 1.807) is 30.5 Å². The largest absolute Gasteiger partial charge is 0.355 e. The highest BCUT2D eigenvalue weighted by Crippen LogP contribution is 2.41. The molecule has 1 aliphatic heterocycles. The Labute approximate surface area is 182 Å². The number of hydrogen-bond donors (Lipinski definition) is 3. The molecule has 7 nitrogen and oxygen atoms in total. The van der Waals surface area contributed by atoms with Crippen LogP contribution in [-0.2, 0) is 0 Å². The van der Waals surface area contributed by atoms with Gasteiger partial charge in [-0.25, -0.2) is 4.98 Å². The van der Waals surface area contributed by atoms with Gasteiger partial charge in [0.25, 0.3) is 11.8 Å². The number of carbonyl (C=O) groups excluding carboxylic acids is 2. The van der Waals surface area contributed by atoms with Crippen LogP contribution in [0.3, 0.4) is 0 Å². The van der Waals surface area contributed by atoms with Gasteiger partial charge in [-0.05, 0) is 42.2 Å². The second kappa shape index (κ2) is 6.90. The lowest BCUT2D eigenvalue weighted by molar-refractivity contribution is 0.0943. The summed E-state index contributed by atoms with van der Waals surface area (Å²) in [7, 11) is 1.62. The van der Waals surface area contributed by atoms with E-state index in [0.29, 0.717) is 29.0 Å². The fourth-order valence-corrected chi connectivity index (χ4v) is 5.63. The lowest BCUT2D eigenvalue weighted by Crippen LogP contribution is -2.32. The minimum absolute atomic E-state index is 0.00392. The van der Waals surface area contributed by atoms with Gasteiger partial charge in [0.05, 0.1) is 15.9 Å². The minimum Gasteiger partial charge on any atom is -0.355 e. The van der Waals surface area contributed by atoms with Gasteiger partial charge in [0.2, 0.25) is 0 Å². The monoisotopic (exact) mass is 431 g/mol. The van der Waals surface area contributed by atoms with Crippen LogP contribution < -0.4 is 16.0 Å². The standard InChI is InChI=1S/C23H21N5O2S/c1-24-21(29)13-4-2-12(3-5-13)17-11-28-18-7-6-14(8-19(18)31-23(28)26-17)22(30)27-20-15-9-25-10-16(15)20/h2-8,11,15-16,20,25H,9-10H2,1H3,(H,24,29)(H,27,30)/t15-,16+,20+. The third-order valence-electron chi connectivity index (χ3n) is 6.42. The molecule has 0 bridgehead atoms. The first-order valence-electron chi connectivity index (χ1n) is 10.4. The molecule has 2 aromatic carbocycles. The molecular formula is C23H21N5O2S. The van der Waals surface area contributed by atoms with Crippen LogP contribution in [0.2, 0.25) is 0 Å². The Hall–Kier alpha value is -3.23. The van der Waals surface area contributed by atoms with Crippen LogP contribution in [0, 0.1) is 11.8 Å². The van der Waals surface area contributed by atoms with Gasteiger partial charge < -0.3 is 16.0 Å². The first kappa shape index (κ1) is 18.5. The first-order valence-corrected chi connectivity index (χ1v) is 11.2. The number of aromatic nitrogens is 2. The topological polar surface area (TPSA) is 87.5 Å². The van der Waals surface area contributed by atoms with Crippen LogP contribution in [-0.4, -0.2) is 47.4 Å². The normalized spacial score (nSPS) is 21.9. The lowest BCUT2D eigenvalue weighted by atomic mass is 10.1. The molecular weight excluding hydrogens is 410 g/mol. The van der Waals surface area contributed by atoms with E-state index in [1.807, 2.05) is 36.5 Å². The maximum Gasteiger partial charge on any atom is 0.251 e. The van der Waals surface area contributed by atoms with Crippen molar-refractivity contribution < 1.29 is 9.59 Å². The van der Waals surface area contributed by atoms with E-state index in [2.05, 4.69) is 20.4 Å². The number of carbonyl (C=O) groups is 2. The van der Waals surface area contributed by atoms with Gasteiger partial charge in [-0.3, -0.25) is 14.0 Å². The molecule has 3 atom stereocenters. The molecule has 6 rings (SSSR count). The molecule has 2 aliphatic rings. The van der Waals surface area contributed by atoms with Crippen molar-refractivity contribution in [3.63, 3.8) is 0 Å². The van der Waals surface area contributed by atoms with Gasteiger partial charge in [0.1, 0.15) is 0 Å². The summed E-state index contributed by atoms with van der Waals surface area (Å²) in [5.41, 5.74) is 4.16. The van der Waals surface area contributed by atoms with Crippen molar-refractivity contribution in [1.82, 2.24) is 25.3 Å². The van der Waals surface area contributed by atoms with Gasteiger partial charge in [0.15, 0.2) is 4.96 Å². The zero-order valence-corrected chi connectivity index (χ0v) is 17.7. The Morgan fingerprint density at radius 2 is 1.81 bits per heavy atom. The van der Waals surface area contributed by atoms with Gasteiger partial charge in [-0.1, -0.05) is 23.5 Å². The number of fused-ring (bicyclic) bond motifs is 4. The number of nitrogens with one attached hydrogen (secondary N) is 3. The van der Waals surface area contributed by atoms with Crippen LogP contribution in [0.5, 0.6) is 0 Å². The highest BCUT2D eigenvalue weighted by atomic mass is 32.1. The molecule has 1 aliphatic carbocycles. The summed E-state index contributed by atoms with van der Waals surface area (Å²) in [4.78, 5) is 30.1. The molecule has 0 unspecified atom stereocenters. The predicted octanol–water partition coefficient (Wildman–Crippen LogP) is 2.52. The molecule has 156 valence electrons. The molecule has 2 aromatic heterocycles. The Morgan fingerprint density at radius 1 is 1.06 bits per heavy atom. The van der Waals surface area contributed by atoms with Crippen molar-refractivity contribution in [2.24, 2.45) is 11.8 Å². The third-order valence-corrected chi connectivity index (χ3v) is 7.43. The molecule has 4 aromatic rings. The fraction of sp³-hybridized carbons (Fsp3) is 0.261. The van der Waals surface area contributed by atoms with Gasteiger partial charge >= 0.3 is 0 Å². The van der Waals surface area contributed by atoms with Gasteiger partial charge in [-0.2, -0.15) is 0 Å². The average Bonchev–Trinajstić information content (AvgIpc) is 3.21. The van der Waals surface area contributed by atoms with Crippen molar-refractivity contribution in [3.8, 4) is 11.3 Å². The number of rotatable bonds is 4. The Morgan fingerprint density at radius 3 is 2.55 bits per heavy atom. The summed E-state index contributed by atoms with van der Waals surface area (Å²) in [5, 5.41) is 9.16. The number of hydrogen-bond acceptors (Lipinski definition) is 5. The fourth-order valence-electron chi connectivity index (χ4n) is 4.59. The number of nitrogens with zero attached hydrogens (tertiary/aromatic N) is 2. The molecule has 31 heavy (non-hydrogen) atoms. The van der Waals surface area contributed by atoms with E-state index >= 15 is 0 Å². The van der Waals surface area contributed by atoms with Crippen LogP contribution in [0.15, 0.2) is 48.7 Å². The summed E-state index contributed by atoms with van der Waals surface area (Å²) < 4.78 is 3.09. The molecule has 0 radical (unpaired) electrons. The Kier molecular flexibility index (Phi) is 4.12. The second-order valence-electron chi connectivity index (χ2n) is 8.20. The molecule has 3 N–H and O–H groups in total. The molecule has 2 amide bonds. The maximum absolute atomic E-state index is 12.7. The molecule has 8 heteroatoms. The predicted molar refractivity (Wildman–Crippen MR) is 121 cm³/mol. The number of benzene rings is 2. The van der Waals surface area contributed by atoms with Gasteiger partial charge in [0, 0.05) is 49.1 Å². The van der Waals surface area contributed by atoms with Crippen molar-refractivity contribution in [3.05, 3.63) is 59.8 Å². The van der Waals surface area contributed by atoms with Crippen LogP contribution in [0.25, 0.3) is 26.4 Å². The van der Waals surface area contributed by atoms with E-state index in [4.69, 9.17) is 4.98 Å². The Bertz CT molecular complexity index is 1330. The van der Waals surface area contributed by atoms with Crippen molar-refractivity contribution in [2.75, 3.05) is 20.1 Å². The highest BCUT2D eigenvalue weighted by Gasteiger charge is 2.53. The van der Waals surface area contributed by atoms with Crippen LogP contribution >= 0.6 is 11.3 Å². The van der Waals surface area contributed by atoms with Crippen molar-refractivity contribution in [1.29, 1.82) is 0 Å². The quantitative estimate of drug-likeness (QED) is 0.463. The molecule has 0 spiro atoms. The van der Waals surface area contributed by atoms with Crippen LogP contribution in [0.4, 0.5) is 0 Å². The molecule has 1 saturated heterocycles. The zero-order valence-electron chi connectivity index (χ0n) is 16.9. The zero-order chi connectivity index (χ0) is 21.1. The number of amides is 2. The van der Waals surface area contributed by atoms with E-state index < -0.39 is 0 Å². The first-order chi connectivity index (χ1) is 15.1. The lowest BCUT2D eigenvalue weighted by Gasteiger charge is -2.07. The SMILES string of the molecule is CNC(=O)c1ccc(-c2cn3c(n2)sc2cc(C(=O)N[C@H]4[C@@H]5CNC[C@@H]54)ccc23)cc1. The summed E-state index contributed by atoms with van der Waals surface area (Å²) >= 11 is 1.57. The van der Waals surface area contributed by atoms with Crippen molar-refractivity contribution in [2.45, 2.75) is 6.04 Å². The van der Waals surface area contributed by atoms with E-state index in [9.17, 15) is 9.59 Å². The van der Waals surface area contributed by atoms with E-state index in [-0.39, 0.29) is 11.8 Å². The smallest absolute Gasteiger partial charge is 0.251 e. The van der Waals surface area contributed by atoms with E-state index in [0.717, 1.165) is 39.5 Å². The minimum atomic E-state index is -0.107.